The lowest BCUT2D eigenvalue weighted by Crippen LogP contribution is -2.69. The van der Waals surface area contributed by atoms with Crippen LogP contribution in [0, 0.1) is 52.3 Å². The van der Waals surface area contributed by atoms with E-state index in [0.29, 0.717) is 44.1 Å². The van der Waals surface area contributed by atoms with Crippen molar-refractivity contribution in [2.45, 2.75) is 295 Å². The molecule has 0 radical (unpaired) electrons. The first kappa shape index (κ1) is 74.1. The van der Waals surface area contributed by atoms with Crippen LogP contribution in [0.15, 0.2) is 0 Å². The first-order chi connectivity index (χ1) is 45.6. The number of hydrogen-bond donors (Lipinski definition) is 18. The highest BCUT2D eigenvalue weighted by atomic mass is 16.8. The molecule has 33 nitrogen and oxygen atoms in total. The normalized spacial score (nSPS) is 56.9. The summed E-state index contributed by atoms with van der Waals surface area (Å²) in [6, 6.07) is 0. The van der Waals surface area contributed by atoms with Crippen molar-refractivity contribution in [3.63, 3.8) is 0 Å². The zero-order valence-corrected chi connectivity index (χ0v) is 54.3. The molecule has 8 saturated heterocycles. The van der Waals surface area contributed by atoms with Gasteiger partial charge in [0.25, 0.3) is 0 Å². The summed E-state index contributed by atoms with van der Waals surface area (Å²) in [6.07, 6.45) is -51.5. The lowest BCUT2D eigenvalue weighted by atomic mass is 9.44. The number of Topliss-reactive ketones (excluding diaryl/α,β-unsaturated/α-hetero) is 1. The largest absolute Gasteiger partial charge is 0.394 e. The van der Waals surface area contributed by atoms with Gasteiger partial charge < -0.3 is 158 Å². The number of fused-ring (bicyclic) bond motifs is 7. The highest BCUT2D eigenvalue weighted by Gasteiger charge is 2.72. The van der Waals surface area contributed by atoms with E-state index in [9.17, 15) is 96.7 Å². The van der Waals surface area contributed by atoms with Gasteiger partial charge in [0.1, 0.15) is 146 Å². The summed E-state index contributed by atoms with van der Waals surface area (Å²) in [6.45, 7) is 5.87. The van der Waals surface area contributed by atoms with E-state index in [0.717, 1.165) is 32.1 Å². The molecule has 4 saturated carbocycles. The van der Waals surface area contributed by atoms with Gasteiger partial charge in [-0.25, -0.2) is 0 Å². The van der Waals surface area contributed by atoms with Gasteiger partial charge in [0.15, 0.2) is 43.5 Å². The predicted octanol–water partition coefficient (Wildman–Crippen LogP) is -7.05. The molecule has 0 aromatic heterocycles. The molecular weight excluding hydrogens is 1280 g/mol. The second-order valence-electron chi connectivity index (χ2n) is 29.8. The molecule has 96 heavy (non-hydrogen) atoms. The Labute approximate surface area is 553 Å². The number of ketones is 1. The maximum atomic E-state index is 14.9. The van der Waals surface area contributed by atoms with Gasteiger partial charge in [-0.05, 0) is 86.9 Å². The Morgan fingerprint density at radius 3 is 1.50 bits per heavy atom. The molecular formula is C63H102O33. The van der Waals surface area contributed by atoms with Gasteiger partial charge in [0, 0.05) is 30.1 Å². The number of rotatable bonds is 17. The van der Waals surface area contributed by atoms with Crippen LogP contribution in [0.3, 0.4) is 0 Å². The Hall–Kier alpha value is -1.61. The Balaban J connectivity index is 0.766. The van der Waals surface area contributed by atoms with Gasteiger partial charge in [-0.3, -0.25) is 4.79 Å². The SMILES string of the molecule is CC1CCC2(OC1)OC1CC3C4CCC5CC(OC6OC(CO)C(OC7OC(CO)C(O)C(OC8OC(CO)C(OC9OC(C)C(O)C(O)C9O)C(O)C8O)C7OC7OC(CO)C(O)C(OC8OC(CO)C(O)C(O)C8O)C7O)C(O)C6O)CCC5(C)C4CC(=O)C3(C)C1C2C. The Morgan fingerprint density at radius 2 is 0.917 bits per heavy atom. The summed E-state index contributed by atoms with van der Waals surface area (Å²) < 4.78 is 85.4. The van der Waals surface area contributed by atoms with E-state index < -0.39 is 235 Å². The zero-order chi connectivity index (χ0) is 69.1. The van der Waals surface area contributed by atoms with E-state index in [2.05, 4.69) is 27.7 Å². The molecule has 8 aliphatic heterocycles. The molecule has 42 atom stereocenters. The van der Waals surface area contributed by atoms with Crippen LogP contribution in [0.1, 0.15) is 92.4 Å². The Bertz CT molecular complexity index is 2590. The predicted molar refractivity (Wildman–Crippen MR) is 313 cm³/mol. The summed E-state index contributed by atoms with van der Waals surface area (Å²) in [7, 11) is 0. The molecule has 8 heterocycles. The molecule has 18 N–H and O–H groups in total. The smallest absolute Gasteiger partial charge is 0.187 e. The molecule has 12 aliphatic rings. The van der Waals surface area contributed by atoms with Gasteiger partial charge in [0.05, 0.1) is 58.0 Å². The lowest BCUT2D eigenvalue weighted by molar-refractivity contribution is -0.414. The molecule has 552 valence electrons. The van der Waals surface area contributed by atoms with Crippen molar-refractivity contribution in [2.24, 2.45) is 52.3 Å². The summed E-state index contributed by atoms with van der Waals surface area (Å²) >= 11 is 0. The average molecular weight is 1390 g/mol. The first-order valence-electron chi connectivity index (χ1n) is 34.2. The third-order valence-electron chi connectivity index (χ3n) is 24.5. The molecule has 12 fully saturated rings. The average Bonchev–Trinajstić information content (AvgIpc) is 1.50. The fourth-order valence-electron chi connectivity index (χ4n) is 18.7. The summed E-state index contributed by atoms with van der Waals surface area (Å²) in [4.78, 5) is 14.9. The molecule has 42 unspecified atom stereocenters. The fraction of sp³-hybridized carbons (Fsp3) is 0.984. The van der Waals surface area contributed by atoms with Crippen LogP contribution in [-0.2, 0) is 71.1 Å². The number of hydrogen-bond acceptors (Lipinski definition) is 33. The van der Waals surface area contributed by atoms with Gasteiger partial charge >= 0.3 is 0 Å². The number of ether oxygens (including phenoxy) is 14. The van der Waals surface area contributed by atoms with E-state index in [1.54, 1.807) is 0 Å². The topological polar surface area (TPSA) is 510 Å². The van der Waals surface area contributed by atoms with Crippen LogP contribution in [0.25, 0.3) is 0 Å². The van der Waals surface area contributed by atoms with Crippen LogP contribution in [-0.4, -0.2) is 340 Å². The minimum Gasteiger partial charge on any atom is -0.394 e. The maximum absolute atomic E-state index is 14.9. The van der Waals surface area contributed by atoms with Crippen molar-refractivity contribution in [1.82, 2.24) is 0 Å². The van der Waals surface area contributed by atoms with Crippen LogP contribution >= 0.6 is 0 Å². The van der Waals surface area contributed by atoms with Crippen molar-refractivity contribution in [3.8, 4) is 0 Å². The monoisotopic (exact) mass is 1390 g/mol. The molecule has 0 amide bonds. The van der Waals surface area contributed by atoms with E-state index in [1.807, 2.05) is 0 Å². The number of carbonyl (C=O) groups is 1. The van der Waals surface area contributed by atoms with Crippen LogP contribution in [0.2, 0.25) is 0 Å². The molecule has 0 aromatic rings. The summed E-state index contributed by atoms with van der Waals surface area (Å²) in [5, 5.41) is 199. The standard InChI is InChI=1S/C63H102O33/c1-21-8-11-63(83-20-21)22(2)36-29(96-63)13-28-26-7-6-24-12-25(9-10-61(24,4)27(26)14-35(69)62(28,36)5)85-56-47(80)43(76)51(34(19-68)89-56)92-60-54(95-59-49(82)52(39(72)31(16-65)87-59)93-57-46(79)42(75)38(71)30(15-64)86-57)53(40(73)32(17-66)88-60)94-58-48(81)44(77)50(33(18-67)90-58)91-55-45(78)41(74)37(70)23(3)84-55/h21-34,36-60,64-68,70-82H,6-20H2,1-5H3. The molecule has 4 aliphatic carbocycles. The molecule has 0 aromatic carbocycles. The van der Waals surface area contributed by atoms with Gasteiger partial charge in [0.2, 0.25) is 0 Å². The van der Waals surface area contributed by atoms with E-state index in [1.165, 1.54) is 6.92 Å². The van der Waals surface area contributed by atoms with Crippen molar-refractivity contribution in [3.05, 3.63) is 0 Å². The maximum Gasteiger partial charge on any atom is 0.187 e. The quantitative estimate of drug-likeness (QED) is 0.0602. The Kier molecular flexibility index (Phi) is 22.5. The van der Waals surface area contributed by atoms with Crippen LogP contribution in [0.4, 0.5) is 0 Å². The molecule has 12 rings (SSSR count). The first-order valence-corrected chi connectivity index (χ1v) is 34.2. The molecule has 1 spiro atoms. The van der Waals surface area contributed by atoms with Gasteiger partial charge in [-0.1, -0.05) is 27.7 Å². The fourth-order valence-corrected chi connectivity index (χ4v) is 18.7. The highest BCUT2D eigenvalue weighted by Crippen LogP contribution is 2.70. The van der Waals surface area contributed by atoms with Crippen molar-refractivity contribution >= 4 is 5.78 Å². The third-order valence-corrected chi connectivity index (χ3v) is 24.5. The summed E-state index contributed by atoms with van der Waals surface area (Å²) in [5.74, 6) is 0.886. The second kappa shape index (κ2) is 29.1. The van der Waals surface area contributed by atoms with E-state index in [4.69, 9.17) is 66.3 Å². The second-order valence-corrected chi connectivity index (χ2v) is 29.8. The minimum atomic E-state index is -2.29. The van der Waals surface area contributed by atoms with Crippen LogP contribution < -0.4 is 0 Å². The number of carbonyl (C=O) groups excluding carboxylic acids is 1. The number of aliphatic hydroxyl groups excluding tert-OH is 18. The van der Waals surface area contributed by atoms with Crippen molar-refractivity contribution in [2.75, 3.05) is 39.6 Å². The number of aliphatic hydroxyl groups is 18. The van der Waals surface area contributed by atoms with Crippen molar-refractivity contribution < 1.29 is 163 Å². The third kappa shape index (κ3) is 12.9. The van der Waals surface area contributed by atoms with Gasteiger partial charge in [-0.2, -0.15) is 0 Å². The minimum absolute atomic E-state index is 0.0599. The van der Waals surface area contributed by atoms with E-state index in [-0.39, 0.29) is 46.9 Å². The molecule has 33 heteroatoms. The summed E-state index contributed by atoms with van der Waals surface area (Å²) in [5.41, 5.74) is -0.770. The van der Waals surface area contributed by atoms with Crippen LogP contribution in [0.5, 0.6) is 0 Å². The zero-order valence-electron chi connectivity index (χ0n) is 54.3. The van der Waals surface area contributed by atoms with Crippen molar-refractivity contribution in [1.29, 1.82) is 0 Å². The van der Waals surface area contributed by atoms with Gasteiger partial charge in [-0.15, -0.1) is 0 Å². The highest BCUT2D eigenvalue weighted by molar-refractivity contribution is 5.87. The lowest BCUT2D eigenvalue weighted by Gasteiger charge is -2.60. The molecule has 0 bridgehead atoms. The Morgan fingerprint density at radius 1 is 0.438 bits per heavy atom. The van der Waals surface area contributed by atoms with E-state index >= 15 is 0 Å².